The lowest BCUT2D eigenvalue weighted by molar-refractivity contribution is 0.133. The molecule has 1 saturated carbocycles. The summed E-state index contributed by atoms with van der Waals surface area (Å²) in [4.78, 5) is 2.14. The van der Waals surface area contributed by atoms with Gasteiger partial charge in [-0.05, 0) is 25.8 Å². The number of ether oxygens (including phenoxy) is 1. The molecular weight excluding hydrogens is 210 g/mol. The molecule has 0 amide bonds. The van der Waals surface area contributed by atoms with E-state index >= 15 is 0 Å². The smallest absolute Gasteiger partial charge is 0.0738 e. The predicted octanol–water partition coefficient (Wildman–Crippen LogP) is 2.78. The second-order valence-corrected chi connectivity index (χ2v) is 5.13. The minimum atomic E-state index is 0.280. The summed E-state index contributed by atoms with van der Waals surface area (Å²) in [7, 11) is 0. The molecule has 0 unspecified atom stereocenters. The molecule has 0 atom stereocenters. The number of benzene rings is 1. The standard InChI is InChI=1S/C15H17NO/c1-15(6-7-15)8-9-16-10-11-17-12-13-4-2-3-5-14(13)16/h2-5H,6-7,10-12H2,1H3. The molecular formula is C15H17NO. The van der Waals surface area contributed by atoms with Crippen molar-refractivity contribution >= 4 is 5.69 Å². The Bertz CT molecular complexity index is 479. The average Bonchev–Trinajstić information content (AvgIpc) is 3.10. The fourth-order valence-electron chi connectivity index (χ4n) is 1.99. The van der Waals surface area contributed by atoms with E-state index in [0.717, 1.165) is 13.2 Å². The summed E-state index contributed by atoms with van der Waals surface area (Å²) >= 11 is 0. The molecule has 17 heavy (non-hydrogen) atoms. The molecule has 0 spiro atoms. The van der Waals surface area contributed by atoms with Crippen LogP contribution < -0.4 is 4.90 Å². The van der Waals surface area contributed by atoms with Gasteiger partial charge in [0.15, 0.2) is 0 Å². The summed E-state index contributed by atoms with van der Waals surface area (Å²) in [6, 6.07) is 11.7. The van der Waals surface area contributed by atoms with Gasteiger partial charge in [0.1, 0.15) is 0 Å². The zero-order valence-electron chi connectivity index (χ0n) is 10.2. The molecule has 1 aliphatic carbocycles. The highest BCUT2D eigenvalue weighted by Crippen LogP contribution is 2.44. The van der Waals surface area contributed by atoms with Crippen molar-refractivity contribution in [2.75, 3.05) is 18.1 Å². The van der Waals surface area contributed by atoms with Crippen LogP contribution >= 0.6 is 0 Å². The van der Waals surface area contributed by atoms with Gasteiger partial charge in [0.25, 0.3) is 0 Å². The van der Waals surface area contributed by atoms with E-state index in [1.165, 1.54) is 24.1 Å². The second-order valence-electron chi connectivity index (χ2n) is 5.13. The highest BCUT2D eigenvalue weighted by molar-refractivity contribution is 5.58. The van der Waals surface area contributed by atoms with Crippen LogP contribution in [-0.2, 0) is 11.3 Å². The van der Waals surface area contributed by atoms with Crippen molar-refractivity contribution in [3.63, 3.8) is 0 Å². The van der Waals surface area contributed by atoms with Gasteiger partial charge < -0.3 is 4.74 Å². The second kappa shape index (κ2) is 4.09. The lowest BCUT2D eigenvalue weighted by Gasteiger charge is -2.16. The van der Waals surface area contributed by atoms with E-state index in [-0.39, 0.29) is 5.41 Å². The van der Waals surface area contributed by atoms with Crippen LogP contribution in [0.4, 0.5) is 5.69 Å². The molecule has 1 aromatic carbocycles. The number of hydrogen-bond donors (Lipinski definition) is 0. The molecule has 88 valence electrons. The lowest BCUT2D eigenvalue weighted by atomic mass is 10.1. The Morgan fingerprint density at radius 2 is 2.12 bits per heavy atom. The van der Waals surface area contributed by atoms with Crippen molar-refractivity contribution < 1.29 is 4.74 Å². The number of anilines is 1. The van der Waals surface area contributed by atoms with Crippen LogP contribution in [0.25, 0.3) is 0 Å². The quantitative estimate of drug-likeness (QED) is 0.632. The summed E-state index contributed by atoms with van der Waals surface area (Å²) < 4.78 is 5.59. The molecule has 2 nitrogen and oxygen atoms in total. The molecule has 2 heteroatoms. The van der Waals surface area contributed by atoms with Crippen LogP contribution in [0.3, 0.4) is 0 Å². The maximum atomic E-state index is 5.59. The molecule has 3 rings (SSSR count). The molecule has 0 N–H and O–H groups in total. The van der Waals surface area contributed by atoms with Gasteiger partial charge >= 0.3 is 0 Å². The van der Waals surface area contributed by atoms with E-state index in [4.69, 9.17) is 4.74 Å². The maximum Gasteiger partial charge on any atom is 0.0738 e. The number of hydrogen-bond acceptors (Lipinski definition) is 2. The van der Waals surface area contributed by atoms with E-state index < -0.39 is 0 Å². The van der Waals surface area contributed by atoms with Crippen LogP contribution in [0.5, 0.6) is 0 Å². The average molecular weight is 227 g/mol. The topological polar surface area (TPSA) is 12.5 Å². The van der Waals surface area contributed by atoms with Gasteiger partial charge in [-0.15, -0.1) is 0 Å². The summed E-state index contributed by atoms with van der Waals surface area (Å²) in [5.41, 5.74) is 2.73. The minimum Gasteiger partial charge on any atom is -0.375 e. The van der Waals surface area contributed by atoms with E-state index in [9.17, 15) is 0 Å². The molecule has 1 fully saturated rings. The van der Waals surface area contributed by atoms with Crippen LogP contribution in [0, 0.1) is 17.4 Å². The number of rotatable bonds is 0. The molecule has 1 aliphatic heterocycles. The third-order valence-electron chi connectivity index (χ3n) is 3.49. The normalized spacial score (nSPS) is 20.9. The van der Waals surface area contributed by atoms with Crippen molar-refractivity contribution in [2.24, 2.45) is 5.41 Å². The van der Waals surface area contributed by atoms with Gasteiger partial charge in [0, 0.05) is 17.0 Å². The van der Waals surface area contributed by atoms with Crippen LogP contribution in [0.15, 0.2) is 24.3 Å². The van der Waals surface area contributed by atoms with E-state index in [1.807, 2.05) is 0 Å². The van der Waals surface area contributed by atoms with Crippen LogP contribution in [0.2, 0.25) is 0 Å². The molecule has 2 aliphatic rings. The largest absolute Gasteiger partial charge is 0.375 e. The number of fused-ring (bicyclic) bond motifs is 1. The lowest BCUT2D eigenvalue weighted by Crippen LogP contribution is -2.20. The molecule has 0 saturated heterocycles. The van der Waals surface area contributed by atoms with Crippen molar-refractivity contribution in [3.8, 4) is 12.0 Å². The van der Waals surface area contributed by atoms with Gasteiger partial charge in [-0.2, -0.15) is 0 Å². The maximum absolute atomic E-state index is 5.59. The Morgan fingerprint density at radius 1 is 1.29 bits per heavy atom. The van der Waals surface area contributed by atoms with E-state index in [0.29, 0.717) is 6.61 Å². The van der Waals surface area contributed by atoms with Crippen molar-refractivity contribution in [3.05, 3.63) is 29.8 Å². The fraction of sp³-hybridized carbons (Fsp3) is 0.467. The van der Waals surface area contributed by atoms with Crippen LogP contribution in [0.1, 0.15) is 25.3 Å². The molecule has 0 radical (unpaired) electrons. The van der Waals surface area contributed by atoms with Gasteiger partial charge in [0.2, 0.25) is 0 Å². The van der Waals surface area contributed by atoms with Gasteiger partial charge in [-0.3, -0.25) is 4.90 Å². The van der Waals surface area contributed by atoms with Gasteiger partial charge in [-0.25, -0.2) is 0 Å². The third kappa shape index (κ3) is 2.30. The van der Waals surface area contributed by atoms with E-state index in [2.05, 4.69) is 48.1 Å². The Morgan fingerprint density at radius 3 is 2.94 bits per heavy atom. The first-order chi connectivity index (χ1) is 8.27. The predicted molar refractivity (Wildman–Crippen MR) is 68.6 cm³/mol. The third-order valence-corrected chi connectivity index (χ3v) is 3.49. The highest BCUT2D eigenvalue weighted by Gasteiger charge is 2.35. The molecule has 0 bridgehead atoms. The molecule has 1 aromatic rings. The van der Waals surface area contributed by atoms with Crippen molar-refractivity contribution in [1.82, 2.24) is 0 Å². The number of para-hydroxylation sites is 1. The van der Waals surface area contributed by atoms with Crippen molar-refractivity contribution in [1.29, 1.82) is 0 Å². The SMILES string of the molecule is CC1(C#CN2CCOCc3ccccc32)CC1. The Balaban J connectivity index is 1.90. The van der Waals surface area contributed by atoms with Gasteiger partial charge in [-0.1, -0.05) is 24.1 Å². The first-order valence-electron chi connectivity index (χ1n) is 6.23. The zero-order valence-corrected chi connectivity index (χ0v) is 10.2. The first-order valence-corrected chi connectivity index (χ1v) is 6.23. The minimum absolute atomic E-state index is 0.280. The summed E-state index contributed by atoms with van der Waals surface area (Å²) in [5.74, 6) is 3.39. The monoisotopic (exact) mass is 227 g/mol. The first kappa shape index (κ1) is 10.7. The fourth-order valence-corrected chi connectivity index (χ4v) is 1.99. The Kier molecular flexibility index (Phi) is 2.57. The highest BCUT2D eigenvalue weighted by atomic mass is 16.5. The summed E-state index contributed by atoms with van der Waals surface area (Å²) in [6.45, 7) is 4.55. The Labute approximate surface area is 103 Å². The van der Waals surface area contributed by atoms with Crippen LogP contribution in [-0.4, -0.2) is 13.2 Å². The number of nitrogens with zero attached hydrogens (tertiary/aromatic N) is 1. The zero-order chi connectivity index (χ0) is 11.7. The summed E-state index contributed by atoms with van der Waals surface area (Å²) in [5, 5.41) is 0. The van der Waals surface area contributed by atoms with Gasteiger partial charge in [0.05, 0.1) is 25.4 Å². The molecule has 0 aromatic heterocycles. The summed E-state index contributed by atoms with van der Waals surface area (Å²) in [6.07, 6.45) is 2.48. The Hall–Kier alpha value is -1.46. The van der Waals surface area contributed by atoms with Crippen molar-refractivity contribution in [2.45, 2.75) is 26.4 Å². The van der Waals surface area contributed by atoms with E-state index in [1.54, 1.807) is 0 Å². The molecule has 1 heterocycles.